The van der Waals surface area contributed by atoms with E-state index in [1.807, 2.05) is 18.2 Å². The van der Waals surface area contributed by atoms with Gasteiger partial charge in [0.05, 0.1) is 0 Å². The molecular weight excluding hydrogens is 214 g/mol. The van der Waals surface area contributed by atoms with E-state index in [-0.39, 0.29) is 11.4 Å². The van der Waals surface area contributed by atoms with Gasteiger partial charge >= 0.3 is 0 Å². The Bertz CT molecular complexity index is 412. The molecular formula is C13H16N3O. The van der Waals surface area contributed by atoms with Crippen molar-refractivity contribution in [3.8, 4) is 0 Å². The van der Waals surface area contributed by atoms with Crippen molar-refractivity contribution in [3.05, 3.63) is 30.3 Å². The molecule has 4 nitrogen and oxygen atoms in total. The van der Waals surface area contributed by atoms with Gasteiger partial charge in [0.25, 0.3) is 5.91 Å². The lowest BCUT2D eigenvalue weighted by atomic mass is 9.86. The molecule has 0 aromatic heterocycles. The summed E-state index contributed by atoms with van der Waals surface area (Å²) in [4.78, 5) is 14.3. The Kier molecular flexibility index (Phi) is 2.52. The molecule has 3 rings (SSSR count). The van der Waals surface area contributed by atoms with Crippen LogP contribution in [0.3, 0.4) is 0 Å². The van der Waals surface area contributed by atoms with E-state index >= 15 is 0 Å². The summed E-state index contributed by atoms with van der Waals surface area (Å²) in [7, 11) is 0. The van der Waals surface area contributed by atoms with E-state index in [0.29, 0.717) is 6.67 Å². The highest BCUT2D eigenvalue weighted by molar-refractivity contribution is 5.93. The van der Waals surface area contributed by atoms with Crippen LogP contribution in [0.15, 0.2) is 30.3 Å². The average molecular weight is 230 g/mol. The second-order valence-electron chi connectivity index (χ2n) is 4.65. The summed E-state index contributed by atoms with van der Waals surface area (Å²) in [6, 6.07) is 10.1. The average Bonchev–Trinajstić information content (AvgIpc) is 2.69. The molecule has 0 atom stereocenters. The van der Waals surface area contributed by atoms with Gasteiger partial charge in [-0.2, -0.15) is 0 Å². The number of rotatable bonds is 1. The topological polar surface area (TPSA) is 46.4 Å². The second kappa shape index (κ2) is 4.04. The SMILES string of the molecule is O=C1[N]CN(c2ccccc2)C12CCNCC2. The molecule has 1 aromatic rings. The smallest absolute Gasteiger partial charge is 0.268 e. The zero-order valence-electron chi connectivity index (χ0n) is 9.72. The number of hydrogen-bond acceptors (Lipinski definition) is 3. The van der Waals surface area contributed by atoms with Crippen molar-refractivity contribution in [2.75, 3.05) is 24.7 Å². The van der Waals surface area contributed by atoms with Gasteiger partial charge in [-0.1, -0.05) is 18.2 Å². The number of nitrogens with zero attached hydrogens (tertiary/aromatic N) is 2. The summed E-state index contributed by atoms with van der Waals surface area (Å²) in [6.45, 7) is 2.29. The zero-order valence-corrected chi connectivity index (χ0v) is 9.72. The number of anilines is 1. The lowest BCUT2D eigenvalue weighted by molar-refractivity contribution is -0.124. The van der Waals surface area contributed by atoms with E-state index < -0.39 is 0 Å². The quantitative estimate of drug-likeness (QED) is 0.773. The maximum atomic E-state index is 12.1. The molecule has 0 aliphatic carbocycles. The molecule has 0 bridgehead atoms. The van der Waals surface area contributed by atoms with Gasteiger partial charge in [0.2, 0.25) is 0 Å². The first kappa shape index (κ1) is 10.6. The van der Waals surface area contributed by atoms with Gasteiger partial charge in [-0.25, -0.2) is 5.32 Å². The molecule has 0 unspecified atom stereocenters. The van der Waals surface area contributed by atoms with Crippen LogP contribution in [0.5, 0.6) is 0 Å². The molecule has 4 heteroatoms. The number of carbonyl (C=O) groups excluding carboxylic acids is 1. The molecule has 2 heterocycles. The molecule has 2 aliphatic heterocycles. The monoisotopic (exact) mass is 230 g/mol. The fraction of sp³-hybridized carbons (Fsp3) is 0.462. The molecule has 2 aliphatic rings. The predicted octanol–water partition coefficient (Wildman–Crippen LogP) is 0.717. The van der Waals surface area contributed by atoms with Crippen LogP contribution in [0.1, 0.15) is 12.8 Å². The van der Waals surface area contributed by atoms with Gasteiger partial charge in [0.15, 0.2) is 0 Å². The Labute approximate surface area is 101 Å². The Balaban J connectivity index is 1.96. The molecule has 89 valence electrons. The van der Waals surface area contributed by atoms with Gasteiger partial charge < -0.3 is 10.2 Å². The van der Waals surface area contributed by atoms with Crippen LogP contribution in [0.4, 0.5) is 5.69 Å². The lowest BCUT2D eigenvalue weighted by Gasteiger charge is -2.39. The minimum Gasteiger partial charge on any atom is -0.337 e. The number of amides is 1. The molecule has 2 saturated heterocycles. The molecule has 2 fully saturated rings. The number of nitrogens with one attached hydrogen (secondary N) is 1. The number of carbonyl (C=O) groups is 1. The van der Waals surface area contributed by atoms with Crippen molar-refractivity contribution in [1.29, 1.82) is 0 Å². The third-order valence-electron chi connectivity index (χ3n) is 3.77. The van der Waals surface area contributed by atoms with E-state index in [9.17, 15) is 4.79 Å². The molecule has 1 radical (unpaired) electrons. The molecule has 1 spiro atoms. The first-order valence-corrected chi connectivity index (χ1v) is 6.08. The van der Waals surface area contributed by atoms with Crippen LogP contribution in [0.2, 0.25) is 0 Å². The Morgan fingerprint density at radius 1 is 1.18 bits per heavy atom. The normalized spacial score (nSPS) is 22.8. The number of hydrogen-bond donors (Lipinski definition) is 1. The van der Waals surface area contributed by atoms with Crippen LogP contribution in [-0.4, -0.2) is 31.2 Å². The third-order valence-corrected chi connectivity index (χ3v) is 3.77. The van der Waals surface area contributed by atoms with E-state index in [1.54, 1.807) is 0 Å². The third kappa shape index (κ3) is 1.60. The van der Waals surface area contributed by atoms with E-state index in [0.717, 1.165) is 31.6 Å². The van der Waals surface area contributed by atoms with Gasteiger partial charge in [0, 0.05) is 5.69 Å². The summed E-state index contributed by atoms with van der Waals surface area (Å²) in [5.74, 6) is 0.0582. The Hall–Kier alpha value is -1.55. The number of para-hydroxylation sites is 1. The fourth-order valence-corrected chi connectivity index (χ4v) is 2.79. The molecule has 1 N–H and O–H groups in total. The van der Waals surface area contributed by atoms with Crippen LogP contribution < -0.4 is 15.5 Å². The van der Waals surface area contributed by atoms with Crippen molar-refractivity contribution in [3.63, 3.8) is 0 Å². The molecule has 1 aromatic carbocycles. The van der Waals surface area contributed by atoms with Gasteiger partial charge in [0.1, 0.15) is 12.2 Å². The van der Waals surface area contributed by atoms with Crippen molar-refractivity contribution in [2.45, 2.75) is 18.4 Å². The van der Waals surface area contributed by atoms with Crippen LogP contribution in [-0.2, 0) is 4.79 Å². The standard InChI is InChI=1S/C13H16N3O/c17-12-13(6-8-14-9-7-13)16(10-15-12)11-4-2-1-3-5-11/h1-5,14H,6-10H2. The predicted molar refractivity (Wildman–Crippen MR) is 65.8 cm³/mol. The van der Waals surface area contributed by atoms with E-state index in [2.05, 4.69) is 27.7 Å². The van der Waals surface area contributed by atoms with Crippen LogP contribution in [0, 0.1) is 0 Å². The van der Waals surface area contributed by atoms with E-state index in [1.165, 1.54) is 0 Å². The number of benzene rings is 1. The van der Waals surface area contributed by atoms with Crippen LogP contribution >= 0.6 is 0 Å². The summed E-state index contributed by atoms with van der Waals surface area (Å²) < 4.78 is 0. The molecule has 17 heavy (non-hydrogen) atoms. The minimum absolute atomic E-state index is 0.0582. The minimum atomic E-state index is -0.382. The van der Waals surface area contributed by atoms with Gasteiger partial charge in [-0.15, -0.1) is 0 Å². The first-order chi connectivity index (χ1) is 8.33. The van der Waals surface area contributed by atoms with E-state index in [4.69, 9.17) is 0 Å². The maximum Gasteiger partial charge on any atom is 0.268 e. The highest BCUT2D eigenvalue weighted by Gasteiger charge is 2.50. The summed E-state index contributed by atoms with van der Waals surface area (Å²) in [5, 5.41) is 7.44. The highest BCUT2D eigenvalue weighted by atomic mass is 16.2. The Morgan fingerprint density at radius 3 is 2.59 bits per heavy atom. The lowest BCUT2D eigenvalue weighted by Crippen LogP contribution is -2.55. The number of piperidine rings is 1. The van der Waals surface area contributed by atoms with Crippen LogP contribution in [0.25, 0.3) is 0 Å². The van der Waals surface area contributed by atoms with Crippen molar-refractivity contribution in [2.24, 2.45) is 0 Å². The fourth-order valence-electron chi connectivity index (χ4n) is 2.79. The van der Waals surface area contributed by atoms with Gasteiger partial charge in [-0.05, 0) is 38.1 Å². The first-order valence-electron chi connectivity index (χ1n) is 6.08. The van der Waals surface area contributed by atoms with Crippen molar-refractivity contribution >= 4 is 11.6 Å². The molecule has 0 saturated carbocycles. The Morgan fingerprint density at radius 2 is 1.88 bits per heavy atom. The zero-order chi connectivity index (χ0) is 11.7. The highest BCUT2D eigenvalue weighted by Crippen LogP contribution is 2.34. The summed E-state index contributed by atoms with van der Waals surface area (Å²) >= 11 is 0. The van der Waals surface area contributed by atoms with Crippen molar-refractivity contribution in [1.82, 2.24) is 10.6 Å². The molecule has 1 amide bonds. The van der Waals surface area contributed by atoms with Gasteiger partial charge in [-0.3, -0.25) is 4.79 Å². The summed E-state index contributed by atoms with van der Waals surface area (Å²) in [5.41, 5.74) is 0.719. The van der Waals surface area contributed by atoms with Crippen molar-refractivity contribution < 1.29 is 4.79 Å². The second-order valence-corrected chi connectivity index (χ2v) is 4.65. The maximum absolute atomic E-state index is 12.1. The largest absolute Gasteiger partial charge is 0.337 e. The summed E-state index contributed by atoms with van der Waals surface area (Å²) in [6.07, 6.45) is 1.70.